The van der Waals surface area contributed by atoms with Gasteiger partial charge in [-0.1, -0.05) is 30.7 Å². The quantitative estimate of drug-likeness (QED) is 0.751. The number of hydrogen-bond donors (Lipinski definition) is 2. The monoisotopic (exact) mass is 212 g/mol. The predicted octanol–water partition coefficient (Wildman–Crippen LogP) is 2.09. The molecule has 0 amide bonds. The zero-order valence-electron chi connectivity index (χ0n) is 8.05. The Morgan fingerprint density at radius 3 is 3.00 bits per heavy atom. The number of nitrogens with one attached hydrogen (secondary N) is 1. The average molecular weight is 213 g/mol. The third-order valence-electron chi connectivity index (χ3n) is 1.82. The molecule has 4 nitrogen and oxygen atoms in total. The van der Waals surface area contributed by atoms with Crippen LogP contribution in [-0.2, 0) is 0 Å². The molecule has 0 aliphatic rings. The highest BCUT2D eigenvalue weighted by molar-refractivity contribution is 6.35. The number of rotatable bonds is 4. The van der Waals surface area contributed by atoms with Crippen LogP contribution < -0.4 is 11.1 Å². The van der Waals surface area contributed by atoms with Gasteiger partial charge in [0.15, 0.2) is 5.82 Å². The van der Waals surface area contributed by atoms with Gasteiger partial charge in [0.25, 0.3) is 0 Å². The maximum absolute atomic E-state index is 5.88. The SMILES string of the molecule is C=C(CC)CNc1ncnc(N)c1Cl. The summed E-state index contributed by atoms with van der Waals surface area (Å²) in [7, 11) is 0. The van der Waals surface area contributed by atoms with E-state index in [1.54, 1.807) is 0 Å². The van der Waals surface area contributed by atoms with E-state index in [9.17, 15) is 0 Å². The second-order valence-corrected chi connectivity index (χ2v) is 3.26. The third kappa shape index (κ3) is 2.60. The minimum absolute atomic E-state index is 0.284. The minimum atomic E-state index is 0.284. The van der Waals surface area contributed by atoms with Crippen LogP contribution in [-0.4, -0.2) is 16.5 Å². The number of hydrogen-bond acceptors (Lipinski definition) is 4. The normalized spacial score (nSPS) is 9.86. The molecule has 1 heterocycles. The van der Waals surface area contributed by atoms with Crippen LogP contribution in [0.3, 0.4) is 0 Å². The Hall–Kier alpha value is -1.29. The summed E-state index contributed by atoms with van der Waals surface area (Å²) in [4.78, 5) is 7.73. The van der Waals surface area contributed by atoms with Crippen molar-refractivity contribution < 1.29 is 0 Å². The lowest BCUT2D eigenvalue weighted by Crippen LogP contribution is -2.07. The Balaban J connectivity index is 2.68. The number of nitrogens with two attached hydrogens (primary N) is 1. The summed E-state index contributed by atoms with van der Waals surface area (Å²) >= 11 is 5.88. The van der Waals surface area contributed by atoms with Gasteiger partial charge in [0.05, 0.1) is 0 Å². The lowest BCUT2D eigenvalue weighted by Gasteiger charge is -2.08. The molecule has 0 unspecified atom stereocenters. The number of anilines is 2. The van der Waals surface area contributed by atoms with Crippen LogP contribution in [0, 0.1) is 0 Å². The van der Waals surface area contributed by atoms with E-state index in [1.807, 2.05) is 6.92 Å². The summed E-state index contributed by atoms with van der Waals surface area (Å²) < 4.78 is 0. The molecule has 76 valence electrons. The Bertz CT molecular complexity index is 338. The Morgan fingerprint density at radius 1 is 1.64 bits per heavy atom. The van der Waals surface area contributed by atoms with Crippen molar-refractivity contribution in [2.24, 2.45) is 0 Å². The van der Waals surface area contributed by atoms with E-state index in [2.05, 4.69) is 21.9 Å². The predicted molar refractivity (Wildman–Crippen MR) is 59.4 cm³/mol. The fraction of sp³-hybridized carbons (Fsp3) is 0.333. The molecule has 14 heavy (non-hydrogen) atoms. The van der Waals surface area contributed by atoms with Gasteiger partial charge in [0.1, 0.15) is 17.2 Å². The fourth-order valence-corrected chi connectivity index (χ4v) is 1.00. The molecule has 0 bridgehead atoms. The van der Waals surface area contributed by atoms with Crippen molar-refractivity contribution in [1.82, 2.24) is 9.97 Å². The summed E-state index contributed by atoms with van der Waals surface area (Å²) in [5.41, 5.74) is 6.60. The smallest absolute Gasteiger partial charge is 0.150 e. The van der Waals surface area contributed by atoms with E-state index in [-0.39, 0.29) is 5.82 Å². The third-order valence-corrected chi connectivity index (χ3v) is 2.19. The molecule has 1 aromatic heterocycles. The molecule has 0 aliphatic heterocycles. The minimum Gasteiger partial charge on any atom is -0.382 e. The number of aromatic nitrogens is 2. The van der Waals surface area contributed by atoms with Gasteiger partial charge in [-0.25, -0.2) is 9.97 Å². The van der Waals surface area contributed by atoms with Gasteiger partial charge in [-0.05, 0) is 6.42 Å². The molecule has 1 aromatic rings. The first-order chi connectivity index (χ1) is 6.65. The second kappa shape index (κ2) is 4.81. The Kier molecular flexibility index (Phi) is 3.71. The highest BCUT2D eigenvalue weighted by Gasteiger charge is 2.05. The number of nitrogens with zero attached hydrogens (tertiary/aromatic N) is 2. The molecule has 1 rings (SSSR count). The highest BCUT2D eigenvalue weighted by Crippen LogP contribution is 2.23. The summed E-state index contributed by atoms with van der Waals surface area (Å²) in [6.07, 6.45) is 2.30. The van der Waals surface area contributed by atoms with E-state index in [0.29, 0.717) is 17.4 Å². The van der Waals surface area contributed by atoms with Gasteiger partial charge in [-0.3, -0.25) is 0 Å². The molecule has 0 atom stereocenters. The van der Waals surface area contributed by atoms with E-state index in [0.717, 1.165) is 12.0 Å². The van der Waals surface area contributed by atoms with Crippen molar-refractivity contribution in [3.8, 4) is 0 Å². The van der Waals surface area contributed by atoms with Crippen LogP contribution in [0.1, 0.15) is 13.3 Å². The van der Waals surface area contributed by atoms with Crippen molar-refractivity contribution >= 4 is 23.2 Å². The number of halogens is 1. The van der Waals surface area contributed by atoms with Gasteiger partial charge in [0.2, 0.25) is 0 Å². The zero-order chi connectivity index (χ0) is 10.6. The van der Waals surface area contributed by atoms with E-state index in [1.165, 1.54) is 6.33 Å². The highest BCUT2D eigenvalue weighted by atomic mass is 35.5. The molecule has 3 N–H and O–H groups in total. The van der Waals surface area contributed by atoms with Crippen LogP contribution in [0.15, 0.2) is 18.5 Å². The molecule has 0 spiro atoms. The molecule has 5 heteroatoms. The lowest BCUT2D eigenvalue weighted by atomic mass is 10.2. The molecular weight excluding hydrogens is 200 g/mol. The van der Waals surface area contributed by atoms with Crippen LogP contribution in [0.5, 0.6) is 0 Å². The van der Waals surface area contributed by atoms with Crippen molar-refractivity contribution in [2.75, 3.05) is 17.6 Å². The van der Waals surface area contributed by atoms with E-state index < -0.39 is 0 Å². The lowest BCUT2D eigenvalue weighted by molar-refractivity contribution is 1.03. The zero-order valence-corrected chi connectivity index (χ0v) is 8.80. The maximum atomic E-state index is 5.88. The van der Waals surface area contributed by atoms with Gasteiger partial charge >= 0.3 is 0 Å². The largest absolute Gasteiger partial charge is 0.382 e. The summed E-state index contributed by atoms with van der Waals surface area (Å²) in [6, 6.07) is 0. The molecule has 0 saturated heterocycles. The first kappa shape index (κ1) is 10.8. The molecule has 0 fully saturated rings. The summed E-state index contributed by atoms with van der Waals surface area (Å²) in [6.45, 7) is 6.55. The van der Waals surface area contributed by atoms with Crippen molar-refractivity contribution in [2.45, 2.75) is 13.3 Å². The standard InChI is InChI=1S/C9H13ClN4/c1-3-6(2)4-12-9-7(10)8(11)13-5-14-9/h5H,2-4H2,1H3,(H3,11,12,13,14). The van der Waals surface area contributed by atoms with Gasteiger partial charge in [-0.15, -0.1) is 0 Å². The number of nitrogen functional groups attached to an aromatic ring is 1. The second-order valence-electron chi connectivity index (χ2n) is 2.88. The summed E-state index contributed by atoms with van der Waals surface area (Å²) in [5, 5.41) is 3.40. The Morgan fingerprint density at radius 2 is 2.36 bits per heavy atom. The first-order valence-corrected chi connectivity index (χ1v) is 4.69. The van der Waals surface area contributed by atoms with E-state index in [4.69, 9.17) is 17.3 Å². The van der Waals surface area contributed by atoms with Crippen LogP contribution in [0.4, 0.5) is 11.6 Å². The van der Waals surface area contributed by atoms with Crippen molar-refractivity contribution in [3.63, 3.8) is 0 Å². The molecule has 0 saturated carbocycles. The van der Waals surface area contributed by atoms with Crippen LogP contribution >= 0.6 is 11.6 Å². The van der Waals surface area contributed by atoms with Gasteiger partial charge in [-0.2, -0.15) is 0 Å². The van der Waals surface area contributed by atoms with Crippen molar-refractivity contribution in [1.29, 1.82) is 0 Å². The topological polar surface area (TPSA) is 63.8 Å². The molecular formula is C9H13ClN4. The van der Waals surface area contributed by atoms with Gasteiger partial charge in [0, 0.05) is 6.54 Å². The van der Waals surface area contributed by atoms with Gasteiger partial charge < -0.3 is 11.1 Å². The maximum Gasteiger partial charge on any atom is 0.150 e. The van der Waals surface area contributed by atoms with Crippen molar-refractivity contribution in [3.05, 3.63) is 23.5 Å². The fourth-order valence-electron chi connectivity index (χ4n) is 0.840. The summed E-state index contributed by atoms with van der Waals surface area (Å²) in [5.74, 6) is 0.833. The van der Waals surface area contributed by atoms with E-state index >= 15 is 0 Å². The average Bonchev–Trinajstić information content (AvgIpc) is 2.20. The molecule has 0 aliphatic carbocycles. The van der Waals surface area contributed by atoms with Crippen LogP contribution in [0.25, 0.3) is 0 Å². The first-order valence-electron chi connectivity index (χ1n) is 4.31. The Labute approximate surface area is 88.2 Å². The molecule has 0 aromatic carbocycles. The van der Waals surface area contributed by atoms with Crippen LogP contribution in [0.2, 0.25) is 5.02 Å². The molecule has 0 radical (unpaired) electrons.